The van der Waals surface area contributed by atoms with Gasteiger partial charge < -0.3 is 19.4 Å². The summed E-state index contributed by atoms with van der Waals surface area (Å²) in [5, 5.41) is 2.36. The number of carbonyl (C=O) groups excluding carboxylic acids is 4. The van der Waals surface area contributed by atoms with Crippen molar-refractivity contribution < 1.29 is 23.9 Å². The summed E-state index contributed by atoms with van der Waals surface area (Å²) in [6.07, 6.45) is 0.233. The first kappa shape index (κ1) is 22.1. The molecule has 3 aliphatic heterocycles. The number of nitrogens with one attached hydrogen (secondary N) is 1. The van der Waals surface area contributed by atoms with Gasteiger partial charge in [-0.15, -0.1) is 0 Å². The molecule has 1 aromatic carbocycles. The molecule has 9 heteroatoms. The van der Waals surface area contributed by atoms with Crippen molar-refractivity contribution in [2.24, 2.45) is 0 Å². The van der Waals surface area contributed by atoms with Crippen LogP contribution in [0.5, 0.6) is 0 Å². The molecule has 0 spiro atoms. The molecule has 1 N–H and O–H groups in total. The van der Waals surface area contributed by atoms with Gasteiger partial charge in [0.1, 0.15) is 11.1 Å². The van der Waals surface area contributed by atoms with Crippen LogP contribution in [0.4, 0.5) is 10.5 Å². The van der Waals surface area contributed by atoms with Crippen LogP contribution < -0.4 is 10.2 Å². The number of carbonyl (C=O) groups is 4. The zero-order valence-electron chi connectivity index (χ0n) is 19.1. The lowest BCUT2D eigenvalue weighted by atomic mass is 9.89. The zero-order valence-corrected chi connectivity index (χ0v) is 19.1. The first-order valence-corrected chi connectivity index (χ1v) is 11.0. The van der Waals surface area contributed by atoms with Gasteiger partial charge in [-0.1, -0.05) is 0 Å². The average molecular weight is 443 g/mol. The summed E-state index contributed by atoms with van der Waals surface area (Å²) in [7, 11) is 0. The third kappa shape index (κ3) is 4.03. The van der Waals surface area contributed by atoms with E-state index in [0.717, 1.165) is 11.3 Å². The summed E-state index contributed by atoms with van der Waals surface area (Å²) < 4.78 is 5.46. The monoisotopic (exact) mass is 442 g/mol. The Morgan fingerprint density at radius 2 is 1.78 bits per heavy atom. The highest BCUT2D eigenvalue weighted by Crippen LogP contribution is 2.35. The van der Waals surface area contributed by atoms with Gasteiger partial charge in [-0.2, -0.15) is 0 Å². The Morgan fingerprint density at radius 3 is 2.41 bits per heavy atom. The summed E-state index contributed by atoms with van der Waals surface area (Å²) in [5.74, 6) is -0.911. The number of ether oxygens (including phenoxy) is 1. The molecule has 3 heterocycles. The van der Waals surface area contributed by atoms with Crippen LogP contribution >= 0.6 is 0 Å². The van der Waals surface area contributed by atoms with Crippen LogP contribution in [0.2, 0.25) is 0 Å². The molecule has 172 valence electrons. The van der Waals surface area contributed by atoms with E-state index in [1.54, 1.807) is 16.7 Å². The maximum absolute atomic E-state index is 13.0. The molecule has 0 saturated carbocycles. The minimum atomic E-state index is -1.04. The van der Waals surface area contributed by atoms with Gasteiger partial charge in [0.15, 0.2) is 0 Å². The predicted molar refractivity (Wildman–Crippen MR) is 117 cm³/mol. The summed E-state index contributed by atoms with van der Waals surface area (Å²) in [5.41, 5.74) is 0.880. The SMILES string of the molecule is CC(C)(C)OC(=O)N1CCN(c2ccc3c(c2)CN(C2(C)CCC(=O)NC2=O)C3=O)CC1. The molecule has 0 radical (unpaired) electrons. The number of piperidine rings is 1. The Hall–Kier alpha value is -3.10. The molecule has 1 unspecified atom stereocenters. The average Bonchev–Trinajstić information content (AvgIpc) is 3.06. The number of imide groups is 1. The number of benzene rings is 1. The molecule has 3 aliphatic rings. The highest BCUT2D eigenvalue weighted by Gasteiger charge is 2.48. The standard InChI is InChI=1S/C23H30N4O5/c1-22(2,3)32-21(31)26-11-9-25(10-12-26)16-5-6-17-15(13-16)14-27(19(17)29)23(4)8-7-18(28)24-20(23)30/h5-6,13H,7-12,14H2,1-4H3,(H,24,28,30). The molecule has 1 aromatic rings. The van der Waals surface area contributed by atoms with E-state index in [9.17, 15) is 19.2 Å². The van der Waals surface area contributed by atoms with Crippen LogP contribution in [0, 0.1) is 0 Å². The van der Waals surface area contributed by atoms with Crippen LogP contribution in [-0.2, 0) is 20.9 Å². The van der Waals surface area contributed by atoms with E-state index in [-0.39, 0.29) is 24.3 Å². The highest BCUT2D eigenvalue weighted by atomic mass is 16.6. The number of piperazine rings is 1. The second kappa shape index (κ2) is 7.79. The predicted octanol–water partition coefficient (Wildman–Crippen LogP) is 1.89. The Morgan fingerprint density at radius 1 is 1.09 bits per heavy atom. The number of anilines is 1. The van der Waals surface area contributed by atoms with Crippen LogP contribution in [0.15, 0.2) is 18.2 Å². The maximum atomic E-state index is 13.0. The van der Waals surface area contributed by atoms with Crippen LogP contribution in [-0.4, -0.2) is 70.9 Å². The van der Waals surface area contributed by atoms with Gasteiger partial charge in [0.25, 0.3) is 11.8 Å². The van der Waals surface area contributed by atoms with Crippen molar-refractivity contribution in [1.82, 2.24) is 15.1 Å². The molecule has 2 fully saturated rings. The molecule has 4 rings (SSSR count). The molecular weight excluding hydrogens is 412 g/mol. The third-order valence-electron chi connectivity index (χ3n) is 6.37. The fourth-order valence-electron chi connectivity index (χ4n) is 4.43. The number of hydrogen-bond acceptors (Lipinski definition) is 6. The van der Waals surface area contributed by atoms with E-state index in [4.69, 9.17) is 4.74 Å². The van der Waals surface area contributed by atoms with Crippen molar-refractivity contribution in [3.05, 3.63) is 29.3 Å². The van der Waals surface area contributed by atoms with E-state index >= 15 is 0 Å². The Balaban J connectivity index is 1.44. The van der Waals surface area contributed by atoms with Gasteiger partial charge in [0.05, 0.1) is 0 Å². The van der Waals surface area contributed by atoms with Crippen molar-refractivity contribution in [3.63, 3.8) is 0 Å². The largest absolute Gasteiger partial charge is 0.444 e. The fourth-order valence-corrected chi connectivity index (χ4v) is 4.43. The number of fused-ring (bicyclic) bond motifs is 1. The summed E-state index contributed by atoms with van der Waals surface area (Å²) in [6, 6.07) is 5.71. The molecule has 2 saturated heterocycles. The molecule has 32 heavy (non-hydrogen) atoms. The van der Waals surface area contributed by atoms with Crippen LogP contribution in [0.25, 0.3) is 0 Å². The minimum absolute atomic E-state index is 0.187. The van der Waals surface area contributed by atoms with Crippen molar-refractivity contribution in [3.8, 4) is 0 Å². The topological polar surface area (TPSA) is 99.3 Å². The van der Waals surface area contributed by atoms with Crippen molar-refractivity contribution in [2.45, 2.75) is 58.2 Å². The van der Waals surface area contributed by atoms with E-state index in [1.807, 2.05) is 39.0 Å². The Bertz CT molecular complexity index is 977. The first-order chi connectivity index (χ1) is 15.0. The van der Waals surface area contributed by atoms with E-state index in [2.05, 4.69) is 10.2 Å². The van der Waals surface area contributed by atoms with Crippen molar-refractivity contribution in [2.75, 3.05) is 31.1 Å². The molecule has 0 aliphatic carbocycles. The Kier molecular flexibility index (Phi) is 5.38. The number of nitrogens with zero attached hydrogens (tertiary/aromatic N) is 3. The molecule has 1 atom stereocenters. The van der Waals surface area contributed by atoms with Gasteiger partial charge in [-0.05, 0) is 57.9 Å². The second-order valence-corrected chi connectivity index (χ2v) is 9.84. The zero-order chi connectivity index (χ0) is 23.3. The normalized spacial score (nSPS) is 23.9. The van der Waals surface area contributed by atoms with E-state index < -0.39 is 17.0 Å². The lowest BCUT2D eigenvalue weighted by Gasteiger charge is -2.39. The molecule has 0 bridgehead atoms. The van der Waals surface area contributed by atoms with Crippen molar-refractivity contribution in [1.29, 1.82) is 0 Å². The summed E-state index contributed by atoms with van der Waals surface area (Å²) >= 11 is 0. The van der Waals surface area contributed by atoms with Gasteiger partial charge >= 0.3 is 6.09 Å². The summed E-state index contributed by atoms with van der Waals surface area (Å²) in [4.78, 5) is 54.9. The lowest BCUT2D eigenvalue weighted by Crippen LogP contribution is -2.61. The van der Waals surface area contributed by atoms with Gasteiger partial charge in [-0.3, -0.25) is 19.7 Å². The van der Waals surface area contributed by atoms with Crippen LogP contribution in [0.3, 0.4) is 0 Å². The minimum Gasteiger partial charge on any atom is -0.444 e. The Labute approximate surface area is 187 Å². The van der Waals surface area contributed by atoms with Crippen molar-refractivity contribution >= 4 is 29.5 Å². The number of amides is 4. The van der Waals surface area contributed by atoms with Gasteiger partial charge in [-0.25, -0.2) is 4.79 Å². The molecule has 4 amide bonds. The smallest absolute Gasteiger partial charge is 0.410 e. The molecule has 0 aromatic heterocycles. The van der Waals surface area contributed by atoms with Crippen LogP contribution in [0.1, 0.15) is 56.5 Å². The highest BCUT2D eigenvalue weighted by molar-refractivity contribution is 6.07. The molecule has 9 nitrogen and oxygen atoms in total. The van der Waals surface area contributed by atoms with Gasteiger partial charge in [0, 0.05) is 50.4 Å². The lowest BCUT2D eigenvalue weighted by molar-refractivity contribution is -0.142. The fraction of sp³-hybridized carbons (Fsp3) is 0.565. The maximum Gasteiger partial charge on any atom is 0.410 e. The van der Waals surface area contributed by atoms with Gasteiger partial charge in [0.2, 0.25) is 5.91 Å². The third-order valence-corrected chi connectivity index (χ3v) is 6.37. The van der Waals surface area contributed by atoms with E-state index in [1.165, 1.54) is 0 Å². The number of rotatable bonds is 2. The number of hydrogen-bond donors (Lipinski definition) is 1. The quantitative estimate of drug-likeness (QED) is 0.703. The molecular formula is C23H30N4O5. The first-order valence-electron chi connectivity index (χ1n) is 11.0. The second-order valence-electron chi connectivity index (χ2n) is 9.84. The summed E-state index contributed by atoms with van der Waals surface area (Å²) in [6.45, 7) is 10.1. The van der Waals surface area contributed by atoms with E-state index in [0.29, 0.717) is 44.7 Å².